The number of hydrogen-bond donors (Lipinski definition) is 2. The molecule has 1 rings (SSSR count). The van der Waals surface area contributed by atoms with Crippen molar-refractivity contribution in [3.8, 4) is 0 Å². The maximum Gasteiger partial charge on any atom is 0.263 e. The first-order valence-electron chi connectivity index (χ1n) is 4.56. The molecule has 1 aromatic rings. The molecule has 0 aromatic carbocycles. The first-order chi connectivity index (χ1) is 6.59. The lowest BCUT2D eigenvalue weighted by molar-refractivity contribution is 0.0956. The van der Waals surface area contributed by atoms with Gasteiger partial charge in [-0.05, 0) is 20.3 Å². The van der Waals surface area contributed by atoms with Crippen LogP contribution < -0.4 is 11.1 Å². The maximum atomic E-state index is 11.5. The summed E-state index contributed by atoms with van der Waals surface area (Å²) < 4.78 is 0. The van der Waals surface area contributed by atoms with Crippen molar-refractivity contribution in [3.05, 3.63) is 16.1 Å². The second-order valence-corrected chi connectivity index (χ2v) is 4.50. The van der Waals surface area contributed by atoms with Gasteiger partial charge >= 0.3 is 0 Å². The molecule has 1 heterocycles. The van der Waals surface area contributed by atoms with Gasteiger partial charge < -0.3 is 11.1 Å². The lowest BCUT2D eigenvalue weighted by atomic mass is 10.2. The highest BCUT2D eigenvalue weighted by atomic mass is 35.5. The van der Waals surface area contributed by atoms with E-state index in [0.717, 1.165) is 11.4 Å². The zero-order valence-electron chi connectivity index (χ0n) is 8.82. The largest absolute Gasteiger partial charge is 0.351 e. The van der Waals surface area contributed by atoms with Crippen LogP contribution in [0.1, 0.15) is 28.0 Å². The molecule has 15 heavy (non-hydrogen) atoms. The molecule has 0 aliphatic carbocycles. The van der Waals surface area contributed by atoms with Crippen molar-refractivity contribution in [1.82, 2.24) is 10.3 Å². The van der Waals surface area contributed by atoms with Crippen molar-refractivity contribution in [2.45, 2.75) is 26.3 Å². The van der Waals surface area contributed by atoms with E-state index in [-0.39, 0.29) is 24.4 Å². The van der Waals surface area contributed by atoms with Crippen LogP contribution in [-0.4, -0.2) is 23.5 Å². The minimum atomic E-state index is -0.0590. The molecule has 0 spiro atoms. The molecular formula is C9H16ClN3OS. The third-order valence-corrected chi connectivity index (χ3v) is 2.64. The molecule has 86 valence electrons. The van der Waals surface area contributed by atoms with Crippen LogP contribution in [-0.2, 0) is 0 Å². The van der Waals surface area contributed by atoms with Gasteiger partial charge in [0.25, 0.3) is 5.91 Å². The number of halogens is 1. The summed E-state index contributed by atoms with van der Waals surface area (Å²) in [6, 6.07) is 0.124. The Morgan fingerprint density at radius 2 is 2.40 bits per heavy atom. The van der Waals surface area contributed by atoms with E-state index in [4.69, 9.17) is 5.73 Å². The normalized spacial score (nSPS) is 11.7. The minimum Gasteiger partial charge on any atom is -0.351 e. The summed E-state index contributed by atoms with van der Waals surface area (Å²) in [5.74, 6) is -0.0590. The van der Waals surface area contributed by atoms with Crippen LogP contribution >= 0.6 is 23.7 Å². The van der Waals surface area contributed by atoms with E-state index < -0.39 is 0 Å². The number of thiazole rings is 1. The van der Waals surface area contributed by atoms with Gasteiger partial charge in [-0.2, -0.15) is 0 Å². The smallest absolute Gasteiger partial charge is 0.263 e. The average molecular weight is 250 g/mol. The predicted molar refractivity (Wildman–Crippen MR) is 64.7 cm³/mol. The summed E-state index contributed by atoms with van der Waals surface area (Å²) in [7, 11) is 0. The van der Waals surface area contributed by atoms with Gasteiger partial charge in [-0.1, -0.05) is 0 Å². The highest BCUT2D eigenvalue weighted by Crippen LogP contribution is 2.10. The Morgan fingerprint density at radius 1 is 1.73 bits per heavy atom. The number of hydrogen-bond acceptors (Lipinski definition) is 4. The third kappa shape index (κ3) is 5.11. The monoisotopic (exact) mass is 249 g/mol. The van der Waals surface area contributed by atoms with Gasteiger partial charge in [-0.3, -0.25) is 4.79 Å². The molecule has 1 amide bonds. The fourth-order valence-corrected chi connectivity index (χ4v) is 1.66. The molecule has 1 aromatic heterocycles. The number of amides is 1. The highest BCUT2D eigenvalue weighted by Gasteiger charge is 2.07. The SMILES string of the molecule is Cc1ncc(C(=O)NCCC(C)N)s1.Cl. The van der Waals surface area contributed by atoms with Crippen LogP contribution in [0.3, 0.4) is 0 Å². The Kier molecular flexibility index (Phi) is 6.47. The zero-order chi connectivity index (χ0) is 10.6. The van der Waals surface area contributed by atoms with E-state index in [9.17, 15) is 4.79 Å². The maximum absolute atomic E-state index is 11.5. The molecule has 0 saturated carbocycles. The summed E-state index contributed by atoms with van der Waals surface area (Å²) in [4.78, 5) is 16.1. The molecule has 1 unspecified atom stereocenters. The predicted octanol–water partition coefficient (Wildman–Crippen LogP) is 1.34. The van der Waals surface area contributed by atoms with Crippen LogP contribution in [0.2, 0.25) is 0 Å². The number of rotatable bonds is 4. The molecule has 0 aliphatic rings. The second kappa shape index (κ2) is 6.76. The molecular weight excluding hydrogens is 234 g/mol. The Morgan fingerprint density at radius 3 is 2.87 bits per heavy atom. The first-order valence-corrected chi connectivity index (χ1v) is 5.37. The van der Waals surface area contributed by atoms with Crippen LogP contribution in [0.15, 0.2) is 6.20 Å². The lowest BCUT2D eigenvalue weighted by Crippen LogP contribution is -2.28. The van der Waals surface area contributed by atoms with Crippen LogP contribution in [0.4, 0.5) is 0 Å². The third-order valence-electron chi connectivity index (χ3n) is 1.73. The van der Waals surface area contributed by atoms with Crippen molar-refractivity contribution in [2.75, 3.05) is 6.54 Å². The number of aromatic nitrogens is 1. The van der Waals surface area contributed by atoms with Crippen LogP contribution in [0.25, 0.3) is 0 Å². The van der Waals surface area contributed by atoms with E-state index in [2.05, 4.69) is 10.3 Å². The van der Waals surface area contributed by atoms with Crippen molar-refractivity contribution in [3.63, 3.8) is 0 Å². The number of carbonyl (C=O) groups excluding carboxylic acids is 1. The lowest BCUT2D eigenvalue weighted by Gasteiger charge is -2.05. The molecule has 3 N–H and O–H groups in total. The highest BCUT2D eigenvalue weighted by molar-refractivity contribution is 7.13. The molecule has 0 saturated heterocycles. The van der Waals surface area contributed by atoms with Crippen molar-refractivity contribution >= 4 is 29.7 Å². The van der Waals surface area contributed by atoms with Gasteiger partial charge in [0, 0.05) is 12.6 Å². The summed E-state index contributed by atoms with van der Waals surface area (Å²) in [6.45, 7) is 4.42. The zero-order valence-corrected chi connectivity index (χ0v) is 10.5. The number of nitrogens with zero attached hydrogens (tertiary/aromatic N) is 1. The number of nitrogens with two attached hydrogens (primary N) is 1. The van der Waals surface area contributed by atoms with Gasteiger partial charge in [-0.15, -0.1) is 23.7 Å². The molecule has 0 fully saturated rings. The molecule has 0 bridgehead atoms. The van der Waals surface area contributed by atoms with Gasteiger partial charge in [0.2, 0.25) is 0 Å². The van der Waals surface area contributed by atoms with Gasteiger partial charge in [0.15, 0.2) is 0 Å². The topological polar surface area (TPSA) is 68.0 Å². The average Bonchev–Trinajstić information content (AvgIpc) is 2.51. The van der Waals surface area contributed by atoms with Crippen LogP contribution in [0, 0.1) is 6.92 Å². The van der Waals surface area contributed by atoms with E-state index in [1.54, 1.807) is 6.20 Å². The van der Waals surface area contributed by atoms with Gasteiger partial charge in [-0.25, -0.2) is 4.98 Å². The second-order valence-electron chi connectivity index (χ2n) is 3.27. The number of carbonyl (C=O) groups is 1. The first kappa shape index (κ1) is 14.3. The Hall–Kier alpha value is -0.650. The van der Waals surface area contributed by atoms with Gasteiger partial charge in [0.1, 0.15) is 4.88 Å². The van der Waals surface area contributed by atoms with Crippen LogP contribution in [0.5, 0.6) is 0 Å². The molecule has 4 nitrogen and oxygen atoms in total. The summed E-state index contributed by atoms with van der Waals surface area (Å²) in [5.41, 5.74) is 5.56. The Labute approximate surface area is 99.7 Å². The van der Waals surface area contributed by atoms with Gasteiger partial charge in [0.05, 0.1) is 11.2 Å². The quantitative estimate of drug-likeness (QED) is 0.846. The van der Waals surface area contributed by atoms with Crippen molar-refractivity contribution < 1.29 is 4.79 Å². The standard InChI is InChI=1S/C9H15N3OS.ClH/c1-6(10)3-4-11-9(13)8-5-12-7(2)14-8;/h5-6H,3-4,10H2,1-2H3,(H,11,13);1H. The van der Waals surface area contributed by atoms with E-state index in [1.165, 1.54) is 11.3 Å². The fourth-order valence-electron chi connectivity index (χ4n) is 0.967. The number of nitrogens with one attached hydrogen (secondary N) is 1. The molecule has 1 atom stereocenters. The van der Waals surface area contributed by atoms with E-state index >= 15 is 0 Å². The number of aryl methyl sites for hydroxylation is 1. The van der Waals surface area contributed by atoms with E-state index in [1.807, 2.05) is 13.8 Å². The fraction of sp³-hybridized carbons (Fsp3) is 0.556. The Bertz CT molecular complexity index is 314. The molecule has 6 heteroatoms. The summed E-state index contributed by atoms with van der Waals surface area (Å²) >= 11 is 1.40. The minimum absolute atomic E-state index is 0. The summed E-state index contributed by atoms with van der Waals surface area (Å²) in [5, 5.41) is 3.70. The van der Waals surface area contributed by atoms with Crippen molar-refractivity contribution in [1.29, 1.82) is 0 Å². The molecule has 0 radical (unpaired) electrons. The molecule has 0 aliphatic heterocycles. The Balaban J connectivity index is 0.00000196. The summed E-state index contributed by atoms with van der Waals surface area (Å²) in [6.07, 6.45) is 2.39. The van der Waals surface area contributed by atoms with E-state index in [0.29, 0.717) is 11.4 Å². The van der Waals surface area contributed by atoms with Crippen molar-refractivity contribution in [2.24, 2.45) is 5.73 Å².